The lowest BCUT2D eigenvalue weighted by atomic mass is 10.0. The van der Waals surface area contributed by atoms with E-state index in [2.05, 4.69) is 10.3 Å². The number of rotatable bonds is 6. The van der Waals surface area contributed by atoms with E-state index in [1.54, 1.807) is 24.3 Å². The number of amides is 1. The largest absolute Gasteiger partial charge is 0.497 e. The fourth-order valence-electron chi connectivity index (χ4n) is 3.08. The quantitative estimate of drug-likeness (QED) is 0.791. The van der Waals surface area contributed by atoms with Crippen molar-refractivity contribution in [1.82, 2.24) is 14.6 Å². The van der Waals surface area contributed by atoms with Gasteiger partial charge in [0.2, 0.25) is 15.9 Å². The molecule has 1 amide bonds. The lowest BCUT2D eigenvalue weighted by molar-refractivity contribution is -0.119. The van der Waals surface area contributed by atoms with Gasteiger partial charge in [-0.25, -0.2) is 13.4 Å². The summed E-state index contributed by atoms with van der Waals surface area (Å²) < 4.78 is 32.7. The Morgan fingerprint density at radius 2 is 2.26 bits per heavy atom. The van der Waals surface area contributed by atoms with Gasteiger partial charge in [0.15, 0.2) is 0 Å². The van der Waals surface area contributed by atoms with E-state index in [-0.39, 0.29) is 16.7 Å². The van der Waals surface area contributed by atoms with Gasteiger partial charge in [-0.15, -0.1) is 11.3 Å². The van der Waals surface area contributed by atoms with E-state index in [0.29, 0.717) is 25.4 Å². The van der Waals surface area contributed by atoms with Crippen LogP contribution in [0.5, 0.6) is 5.75 Å². The summed E-state index contributed by atoms with van der Waals surface area (Å²) in [5.74, 6) is 0.486. The predicted molar refractivity (Wildman–Crippen MR) is 103 cm³/mol. The Hall–Kier alpha value is -1.97. The van der Waals surface area contributed by atoms with Crippen molar-refractivity contribution in [2.24, 2.45) is 0 Å². The van der Waals surface area contributed by atoms with Gasteiger partial charge in [-0.2, -0.15) is 4.31 Å². The van der Waals surface area contributed by atoms with Crippen LogP contribution in [0.4, 0.5) is 0 Å². The number of aromatic nitrogens is 1. The van der Waals surface area contributed by atoms with E-state index in [9.17, 15) is 13.2 Å². The zero-order valence-electron chi connectivity index (χ0n) is 15.3. The molecule has 1 aliphatic heterocycles. The molecule has 1 aromatic carbocycles. The molecule has 9 heteroatoms. The summed E-state index contributed by atoms with van der Waals surface area (Å²) in [5, 5.41) is 5.57. The number of piperidine rings is 1. The summed E-state index contributed by atoms with van der Waals surface area (Å²) in [4.78, 5) is 15.9. The summed E-state index contributed by atoms with van der Waals surface area (Å²) in [7, 11) is -2.06. The number of nitrogens with zero attached hydrogens (tertiary/aromatic N) is 2. The summed E-state index contributed by atoms with van der Waals surface area (Å²) in [6.45, 7) is 2.77. The number of hydrogen-bond donors (Lipinski definition) is 1. The van der Waals surface area contributed by atoms with Gasteiger partial charge in [-0.05, 0) is 25.0 Å². The molecule has 0 unspecified atom stereocenters. The third-order valence-electron chi connectivity index (χ3n) is 4.50. The molecule has 1 aliphatic rings. The Labute approximate surface area is 163 Å². The maximum atomic E-state index is 13.0. The number of carbonyl (C=O) groups is 1. The Balaban J connectivity index is 1.74. The van der Waals surface area contributed by atoms with Gasteiger partial charge in [-0.3, -0.25) is 4.79 Å². The molecule has 1 saturated heterocycles. The van der Waals surface area contributed by atoms with E-state index in [0.717, 1.165) is 23.5 Å². The highest BCUT2D eigenvalue weighted by Crippen LogP contribution is 2.32. The Kier molecular flexibility index (Phi) is 6.13. The molecule has 0 radical (unpaired) electrons. The van der Waals surface area contributed by atoms with Crippen LogP contribution in [0.2, 0.25) is 0 Å². The average Bonchev–Trinajstić information content (AvgIpc) is 3.15. The molecule has 1 aromatic heterocycles. The van der Waals surface area contributed by atoms with Crippen LogP contribution in [0.25, 0.3) is 0 Å². The van der Waals surface area contributed by atoms with Crippen LogP contribution in [0.1, 0.15) is 36.4 Å². The van der Waals surface area contributed by atoms with Gasteiger partial charge in [0, 0.05) is 37.4 Å². The van der Waals surface area contributed by atoms with E-state index in [1.165, 1.54) is 29.7 Å². The summed E-state index contributed by atoms with van der Waals surface area (Å²) >= 11 is 1.52. The molecule has 146 valence electrons. The van der Waals surface area contributed by atoms with Crippen LogP contribution in [0.15, 0.2) is 34.5 Å². The monoisotopic (exact) mass is 409 g/mol. The third-order valence-corrected chi connectivity index (χ3v) is 7.42. The molecule has 1 N–H and O–H groups in total. The molecule has 3 rings (SSSR count). The normalized spacial score (nSPS) is 18.2. The minimum Gasteiger partial charge on any atom is -0.497 e. The Morgan fingerprint density at radius 1 is 1.44 bits per heavy atom. The highest BCUT2D eigenvalue weighted by molar-refractivity contribution is 7.89. The molecule has 0 bridgehead atoms. The van der Waals surface area contributed by atoms with Gasteiger partial charge in [0.05, 0.1) is 29.3 Å². The fourth-order valence-corrected chi connectivity index (χ4v) is 5.59. The molecule has 2 aromatic rings. The van der Waals surface area contributed by atoms with Crippen LogP contribution >= 0.6 is 11.3 Å². The number of sulfonamides is 1. The van der Waals surface area contributed by atoms with Crippen molar-refractivity contribution < 1.29 is 17.9 Å². The van der Waals surface area contributed by atoms with Crippen molar-refractivity contribution in [2.75, 3.05) is 20.2 Å². The Bertz CT molecular complexity index is 911. The van der Waals surface area contributed by atoms with Gasteiger partial charge in [-0.1, -0.05) is 6.07 Å². The molecule has 0 aliphatic carbocycles. The first-order valence-electron chi connectivity index (χ1n) is 8.73. The fraction of sp³-hybridized carbons (Fsp3) is 0.444. The van der Waals surface area contributed by atoms with E-state index in [1.807, 2.05) is 5.38 Å². The highest BCUT2D eigenvalue weighted by atomic mass is 32.2. The molecule has 27 heavy (non-hydrogen) atoms. The number of hydrogen-bond acceptors (Lipinski definition) is 6. The number of thiazole rings is 1. The second kappa shape index (κ2) is 8.37. The SMILES string of the molecule is COc1cccc(S(=O)(=O)N2CCC[C@@H](c3nc(CNC(C)=O)cs3)C2)c1. The number of nitrogens with one attached hydrogen (secondary N) is 1. The van der Waals surface area contributed by atoms with Crippen molar-refractivity contribution in [3.8, 4) is 5.75 Å². The van der Waals surface area contributed by atoms with Crippen LogP contribution in [0, 0.1) is 0 Å². The van der Waals surface area contributed by atoms with Crippen molar-refractivity contribution in [2.45, 2.75) is 37.1 Å². The molecular weight excluding hydrogens is 386 g/mol. The first kappa shape index (κ1) is 19.8. The van der Waals surface area contributed by atoms with Gasteiger partial charge in [0.1, 0.15) is 5.75 Å². The van der Waals surface area contributed by atoms with Gasteiger partial charge in [0.25, 0.3) is 0 Å². The smallest absolute Gasteiger partial charge is 0.243 e. The van der Waals surface area contributed by atoms with Crippen molar-refractivity contribution in [1.29, 1.82) is 0 Å². The number of benzene rings is 1. The molecule has 1 fully saturated rings. The summed E-state index contributed by atoms with van der Waals surface area (Å²) in [6.07, 6.45) is 1.69. The zero-order valence-corrected chi connectivity index (χ0v) is 17.0. The third kappa shape index (κ3) is 4.66. The first-order chi connectivity index (χ1) is 12.9. The topological polar surface area (TPSA) is 88.6 Å². The van der Waals surface area contributed by atoms with Crippen LogP contribution < -0.4 is 10.1 Å². The van der Waals surface area contributed by atoms with Crippen molar-refractivity contribution in [3.63, 3.8) is 0 Å². The second-order valence-corrected chi connectivity index (χ2v) is 9.30. The standard InChI is InChI=1S/C18H23N3O4S2/c1-13(22)19-10-15-12-26-18(20-15)14-5-4-8-21(11-14)27(23,24)17-7-3-6-16(9-17)25-2/h3,6-7,9,12,14H,4-5,8,10-11H2,1-2H3,(H,19,22)/t14-/m1/s1. The van der Waals surface area contributed by atoms with Crippen molar-refractivity contribution in [3.05, 3.63) is 40.3 Å². The molecule has 0 spiro atoms. The minimum atomic E-state index is -3.58. The molecular formula is C18H23N3O4S2. The molecule has 0 saturated carbocycles. The van der Waals surface area contributed by atoms with Crippen molar-refractivity contribution >= 4 is 27.3 Å². The molecule has 1 atom stereocenters. The van der Waals surface area contributed by atoms with E-state index in [4.69, 9.17) is 4.74 Å². The maximum absolute atomic E-state index is 13.0. The maximum Gasteiger partial charge on any atom is 0.243 e. The number of ether oxygens (including phenoxy) is 1. The lowest BCUT2D eigenvalue weighted by Gasteiger charge is -2.31. The molecule has 7 nitrogen and oxygen atoms in total. The number of methoxy groups -OCH3 is 1. The Morgan fingerprint density at radius 3 is 3.00 bits per heavy atom. The van der Waals surface area contributed by atoms with Crippen LogP contribution in [-0.2, 0) is 21.4 Å². The van der Waals surface area contributed by atoms with Gasteiger partial charge >= 0.3 is 0 Å². The van der Waals surface area contributed by atoms with Crippen LogP contribution in [0.3, 0.4) is 0 Å². The summed E-state index contributed by atoms with van der Waals surface area (Å²) in [6, 6.07) is 6.55. The lowest BCUT2D eigenvalue weighted by Crippen LogP contribution is -2.39. The second-order valence-electron chi connectivity index (χ2n) is 6.47. The van der Waals surface area contributed by atoms with E-state index >= 15 is 0 Å². The average molecular weight is 410 g/mol. The highest BCUT2D eigenvalue weighted by Gasteiger charge is 2.32. The zero-order chi connectivity index (χ0) is 19.4. The van der Waals surface area contributed by atoms with Gasteiger partial charge < -0.3 is 10.1 Å². The molecule has 2 heterocycles. The van der Waals surface area contributed by atoms with Crippen LogP contribution in [-0.4, -0.2) is 43.8 Å². The number of carbonyl (C=O) groups excluding carboxylic acids is 1. The minimum absolute atomic E-state index is 0.0650. The summed E-state index contributed by atoms with van der Waals surface area (Å²) in [5.41, 5.74) is 0.804. The van der Waals surface area contributed by atoms with E-state index < -0.39 is 10.0 Å². The first-order valence-corrected chi connectivity index (χ1v) is 11.0. The predicted octanol–water partition coefficient (Wildman–Crippen LogP) is 2.36.